The molecule has 0 atom stereocenters. The molecule has 48 heavy (non-hydrogen) atoms. The topological polar surface area (TPSA) is 94.5 Å². The number of piperidine rings is 2. The van der Waals surface area contributed by atoms with Gasteiger partial charge < -0.3 is 16.0 Å². The summed E-state index contributed by atoms with van der Waals surface area (Å²) in [6.07, 6.45) is 4.03. The first-order chi connectivity index (χ1) is 22.7. The minimum absolute atomic E-state index is 0. The number of aromatic nitrogens is 1. The molecular weight excluding hydrogens is 594 g/mol. The number of aromatic amines is 1. The lowest BCUT2D eigenvalue weighted by Gasteiger charge is -2.40. The second kappa shape index (κ2) is 15.3. The lowest BCUT2D eigenvalue weighted by Crippen LogP contribution is -2.53. The van der Waals surface area contributed by atoms with Crippen molar-refractivity contribution in [2.75, 3.05) is 26.2 Å². The van der Waals surface area contributed by atoms with E-state index in [1.807, 2.05) is 30.3 Å². The van der Waals surface area contributed by atoms with Crippen LogP contribution < -0.4 is 16.5 Å². The van der Waals surface area contributed by atoms with E-state index >= 15 is 0 Å². The largest absolute Gasteiger partial charge is 0.354 e. The van der Waals surface area contributed by atoms with E-state index in [2.05, 4.69) is 88.5 Å². The summed E-state index contributed by atoms with van der Waals surface area (Å²) in [5.41, 5.74) is 10.7. The van der Waals surface area contributed by atoms with Gasteiger partial charge in [-0.3, -0.25) is 19.4 Å². The summed E-state index contributed by atoms with van der Waals surface area (Å²) in [5, 5.41) is 4.51. The average molecular weight is 646 g/mol. The van der Waals surface area contributed by atoms with Crippen molar-refractivity contribution in [1.82, 2.24) is 20.1 Å². The van der Waals surface area contributed by atoms with Crippen molar-refractivity contribution in [3.8, 4) is 0 Å². The minimum Gasteiger partial charge on any atom is -0.354 e. The van der Waals surface area contributed by atoms with Crippen molar-refractivity contribution in [3.63, 3.8) is 0 Å². The first-order valence-electron chi connectivity index (χ1n) is 16.9. The SMILES string of the molecule is C.CC1(N)CCN(Cc2ccccc2)CC1.CC1(NC(=O)c2ccc3c(=O)c4ccccc4[nH]c3c2)CCN(Cc2ccccc2)CC1. The molecule has 2 aliphatic rings. The average Bonchev–Trinajstić information content (AvgIpc) is 3.08. The molecule has 3 heterocycles. The van der Waals surface area contributed by atoms with E-state index < -0.39 is 0 Å². The third kappa shape index (κ3) is 8.78. The third-order valence-electron chi connectivity index (χ3n) is 9.84. The molecule has 4 aromatic carbocycles. The second-order valence-corrected chi connectivity index (χ2v) is 14.0. The predicted octanol–water partition coefficient (Wildman–Crippen LogP) is 7.10. The predicted molar refractivity (Wildman–Crippen MR) is 199 cm³/mol. The van der Waals surface area contributed by atoms with E-state index in [9.17, 15) is 9.59 Å². The molecule has 0 radical (unpaired) electrons. The van der Waals surface area contributed by atoms with Crippen LogP contribution in [0.5, 0.6) is 0 Å². The van der Waals surface area contributed by atoms with Crippen LogP contribution in [0.15, 0.2) is 108 Å². The number of para-hydroxylation sites is 1. The minimum atomic E-state index is -0.240. The summed E-state index contributed by atoms with van der Waals surface area (Å²) >= 11 is 0. The standard InChI is InChI=1S/C27H27N3O2.C13H20N2.CH4/c1-27(13-15-30(16-14-27)18-19-7-3-2-4-8-19)29-26(32)20-11-12-22-24(17-20)28-23-10-6-5-9-21(23)25(22)31;1-13(14)7-9-15(10-8-13)11-12-5-3-2-4-6-12;/h2-12,17H,13-16,18H2,1H3,(H,28,31)(H,29,32);2-6H,7-11,14H2,1H3;1H4. The van der Waals surface area contributed by atoms with E-state index in [1.165, 1.54) is 11.1 Å². The van der Waals surface area contributed by atoms with Gasteiger partial charge in [-0.1, -0.05) is 80.2 Å². The number of benzene rings is 4. The van der Waals surface area contributed by atoms with E-state index in [-0.39, 0.29) is 29.8 Å². The Hall–Kier alpha value is -4.30. The van der Waals surface area contributed by atoms with Crippen LogP contribution in [0.2, 0.25) is 0 Å². The summed E-state index contributed by atoms with van der Waals surface area (Å²) in [7, 11) is 0. The van der Waals surface area contributed by atoms with E-state index in [0.717, 1.165) is 70.5 Å². The van der Waals surface area contributed by atoms with E-state index in [1.54, 1.807) is 18.2 Å². The molecule has 4 N–H and O–H groups in total. The Bertz CT molecular complexity index is 1850. The number of pyridine rings is 1. The molecule has 7 nitrogen and oxygen atoms in total. The van der Waals surface area contributed by atoms with Crippen LogP contribution in [-0.2, 0) is 13.1 Å². The van der Waals surface area contributed by atoms with Gasteiger partial charge in [-0.2, -0.15) is 0 Å². The smallest absolute Gasteiger partial charge is 0.251 e. The highest BCUT2D eigenvalue weighted by Gasteiger charge is 2.32. The van der Waals surface area contributed by atoms with Gasteiger partial charge in [0.15, 0.2) is 5.43 Å². The number of hydrogen-bond acceptors (Lipinski definition) is 5. The fourth-order valence-electron chi connectivity index (χ4n) is 6.65. The van der Waals surface area contributed by atoms with Crippen molar-refractivity contribution in [2.24, 2.45) is 5.73 Å². The van der Waals surface area contributed by atoms with Gasteiger partial charge in [0.05, 0.1) is 5.52 Å². The van der Waals surface area contributed by atoms with Crippen LogP contribution in [0.1, 0.15) is 68.4 Å². The number of nitrogens with two attached hydrogens (primary N) is 1. The van der Waals surface area contributed by atoms with Gasteiger partial charge in [-0.05, 0) is 81.0 Å². The van der Waals surface area contributed by atoms with Crippen molar-refractivity contribution in [1.29, 1.82) is 0 Å². The molecule has 2 fully saturated rings. The number of fused-ring (bicyclic) bond motifs is 2. The lowest BCUT2D eigenvalue weighted by atomic mass is 9.89. The number of nitrogens with one attached hydrogen (secondary N) is 2. The highest BCUT2D eigenvalue weighted by atomic mass is 16.1. The summed E-state index contributed by atoms with van der Waals surface area (Å²) in [5.74, 6) is -0.0973. The monoisotopic (exact) mass is 645 g/mol. The van der Waals surface area contributed by atoms with Crippen LogP contribution >= 0.6 is 0 Å². The number of hydrogen-bond donors (Lipinski definition) is 3. The molecular formula is C41H51N5O2. The molecule has 5 aromatic rings. The maximum absolute atomic E-state index is 13.1. The summed E-state index contributed by atoms with van der Waals surface area (Å²) in [4.78, 5) is 34.1. The van der Waals surface area contributed by atoms with Gasteiger partial charge in [0.25, 0.3) is 5.91 Å². The molecule has 7 rings (SSSR count). The highest BCUT2D eigenvalue weighted by molar-refractivity contribution is 6.00. The van der Waals surface area contributed by atoms with Gasteiger partial charge in [-0.15, -0.1) is 0 Å². The van der Waals surface area contributed by atoms with Crippen molar-refractivity contribution in [2.45, 2.75) is 71.1 Å². The van der Waals surface area contributed by atoms with E-state index in [0.29, 0.717) is 21.9 Å². The normalized spacial score (nSPS) is 17.6. The third-order valence-corrected chi connectivity index (χ3v) is 9.84. The number of carbonyl (C=O) groups is 1. The maximum atomic E-state index is 13.1. The van der Waals surface area contributed by atoms with Crippen LogP contribution in [0, 0.1) is 0 Å². The Labute approximate surface area is 285 Å². The summed E-state index contributed by atoms with van der Waals surface area (Å²) in [6, 6.07) is 33.9. The van der Waals surface area contributed by atoms with E-state index in [4.69, 9.17) is 5.73 Å². The molecule has 2 saturated heterocycles. The Kier molecular flexibility index (Phi) is 11.2. The fraction of sp³-hybridized carbons (Fsp3) is 0.366. The number of rotatable bonds is 6. The summed E-state index contributed by atoms with van der Waals surface area (Å²) in [6.45, 7) is 10.4. The lowest BCUT2D eigenvalue weighted by molar-refractivity contribution is 0.0828. The number of likely N-dealkylation sites (tertiary alicyclic amines) is 2. The van der Waals surface area contributed by atoms with Crippen molar-refractivity contribution < 1.29 is 4.79 Å². The van der Waals surface area contributed by atoms with Crippen molar-refractivity contribution in [3.05, 3.63) is 130 Å². The zero-order chi connectivity index (χ0) is 32.9. The Balaban J connectivity index is 0.000000237. The van der Waals surface area contributed by atoms with Gasteiger partial charge in [0, 0.05) is 72.2 Å². The second-order valence-electron chi connectivity index (χ2n) is 14.0. The molecule has 0 spiro atoms. The first kappa shape index (κ1) is 35.0. The Morgan fingerprint density at radius 2 is 1.21 bits per heavy atom. The van der Waals surface area contributed by atoms with Gasteiger partial charge in [0.1, 0.15) is 0 Å². The summed E-state index contributed by atoms with van der Waals surface area (Å²) < 4.78 is 0. The Morgan fingerprint density at radius 3 is 1.79 bits per heavy atom. The maximum Gasteiger partial charge on any atom is 0.251 e. The van der Waals surface area contributed by atoms with Crippen LogP contribution in [0.25, 0.3) is 21.8 Å². The molecule has 252 valence electrons. The first-order valence-corrected chi connectivity index (χ1v) is 16.9. The molecule has 7 heteroatoms. The quantitative estimate of drug-likeness (QED) is 0.171. The molecule has 1 aromatic heterocycles. The molecule has 0 unspecified atom stereocenters. The van der Waals surface area contributed by atoms with Gasteiger partial charge >= 0.3 is 0 Å². The molecule has 2 aliphatic heterocycles. The number of amides is 1. The zero-order valence-corrected chi connectivity index (χ0v) is 27.7. The molecule has 0 bridgehead atoms. The fourth-order valence-corrected chi connectivity index (χ4v) is 6.65. The van der Waals surface area contributed by atoms with Crippen LogP contribution in [0.3, 0.4) is 0 Å². The van der Waals surface area contributed by atoms with Gasteiger partial charge in [0.2, 0.25) is 0 Å². The van der Waals surface area contributed by atoms with Crippen LogP contribution in [-0.4, -0.2) is 57.9 Å². The van der Waals surface area contributed by atoms with Crippen molar-refractivity contribution >= 4 is 27.7 Å². The number of H-pyrrole nitrogens is 1. The highest BCUT2D eigenvalue weighted by Crippen LogP contribution is 2.25. The van der Waals surface area contributed by atoms with Gasteiger partial charge in [-0.25, -0.2) is 0 Å². The molecule has 1 amide bonds. The van der Waals surface area contributed by atoms with Crippen LogP contribution in [0.4, 0.5) is 0 Å². The Morgan fingerprint density at radius 1 is 0.708 bits per heavy atom. The zero-order valence-electron chi connectivity index (χ0n) is 27.7. The molecule has 0 aliphatic carbocycles. The number of carbonyl (C=O) groups excluding carboxylic acids is 1. The molecule has 0 saturated carbocycles. The number of nitrogens with zero attached hydrogens (tertiary/aromatic N) is 2.